The van der Waals surface area contributed by atoms with Crippen molar-refractivity contribution < 1.29 is 43.6 Å². The van der Waals surface area contributed by atoms with Crippen molar-refractivity contribution in [1.82, 2.24) is 0 Å². The zero-order valence-electron chi connectivity index (χ0n) is 22.2. The van der Waals surface area contributed by atoms with Gasteiger partial charge in [0.05, 0.1) is 29.6 Å². The molecule has 1 saturated heterocycles. The van der Waals surface area contributed by atoms with Crippen LogP contribution >= 0.6 is 0 Å². The summed E-state index contributed by atoms with van der Waals surface area (Å²) in [5.74, 6) is -5.74. The van der Waals surface area contributed by atoms with Gasteiger partial charge in [0, 0.05) is 24.7 Å². The molecule has 0 amide bonds. The first-order valence-corrected chi connectivity index (χ1v) is 13.0. The van der Waals surface area contributed by atoms with Gasteiger partial charge in [-0.1, -0.05) is 51.1 Å². The molecule has 0 radical (unpaired) electrons. The van der Waals surface area contributed by atoms with E-state index >= 15 is 0 Å². The lowest BCUT2D eigenvalue weighted by molar-refractivity contribution is -0.314. The van der Waals surface area contributed by atoms with Gasteiger partial charge < -0.3 is 24.4 Å². The number of rotatable bonds is 3. The van der Waals surface area contributed by atoms with E-state index in [1.807, 2.05) is 0 Å². The topological polar surface area (TPSA) is 136 Å². The van der Waals surface area contributed by atoms with E-state index in [2.05, 4.69) is 0 Å². The molecule has 5 rings (SSSR count). The number of aliphatic hydroxyl groups excluding tert-OH is 1. The Balaban J connectivity index is 1.78. The van der Waals surface area contributed by atoms with Crippen molar-refractivity contribution in [2.24, 2.45) is 28.6 Å². The Morgan fingerprint density at radius 1 is 1.11 bits per heavy atom. The molecule has 9 heteroatoms. The van der Waals surface area contributed by atoms with Crippen molar-refractivity contribution in [3.8, 4) is 0 Å². The van der Waals surface area contributed by atoms with Crippen molar-refractivity contribution in [3.63, 3.8) is 0 Å². The molecule has 1 aromatic carbocycles. The summed E-state index contributed by atoms with van der Waals surface area (Å²) in [5, 5.41) is 23.7. The van der Waals surface area contributed by atoms with Crippen molar-refractivity contribution >= 4 is 23.5 Å². The lowest BCUT2D eigenvalue weighted by Crippen LogP contribution is -2.79. The van der Waals surface area contributed by atoms with Gasteiger partial charge in [-0.15, -0.1) is 0 Å². The molecule has 1 heterocycles. The number of hydrogen-bond donors (Lipinski definition) is 2. The third-order valence-corrected chi connectivity index (χ3v) is 9.65. The maximum Gasteiger partial charge on any atom is 0.338 e. The minimum Gasteiger partial charge on any atom is -0.455 e. The molecule has 4 aliphatic rings. The largest absolute Gasteiger partial charge is 0.455 e. The average Bonchev–Trinajstić information content (AvgIpc) is 2.84. The molecule has 3 unspecified atom stereocenters. The van der Waals surface area contributed by atoms with Gasteiger partial charge in [0.15, 0.2) is 5.60 Å². The minimum atomic E-state index is -1.98. The predicted octanol–water partition coefficient (Wildman–Crippen LogP) is 2.03. The number of esters is 2. The molecule has 9 atom stereocenters. The Bertz CT molecular complexity index is 1220. The van der Waals surface area contributed by atoms with E-state index in [1.54, 1.807) is 70.2 Å². The van der Waals surface area contributed by atoms with E-state index in [4.69, 9.17) is 14.2 Å². The molecule has 9 nitrogen and oxygen atoms in total. The Kier molecular flexibility index (Phi) is 6.02. The van der Waals surface area contributed by atoms with Crippen LogP contribution in [0.15, 0.2) is 42.5 Å². The van der Waals surface area contributed by atoms with E-state index < -0.39 is 81.6 Å². The van der Waals surface area contributed by atoms with Gasteiger partial charge in [0.1, 0.15) is 17.8 Å². The molecule has 3 fully saturated rings. The molecule has 2 bridgehead atoms. The summed E-state index contributed by atoms with van der Waals surface area (Å²) in [6.07, 6.45) is -0.467. The summed E-state index contributed by atoms with van der Waals surface area (Å²) in [6, 6.07) is 8.20. The van der Waals surface area contributed by atoms with Crippen LogP contribution < -0.4 is 0 Å². The van der Waals surface area contributed by atoms with Gasteiger partial charge in [0.2, 0.25) is 11.6 Å². The molecule has 0 spiro atoms. The maximum atomic E-state index is 14.1. The van der Waals surface area contributed by atoms with Crippen LogP contribution in [0.2, 0.25) is 0 Å². The number of aliphatic hydroxyl groups is 2. The van der Waals surface area contributed by atoms with Crippen molar-refractivity contribution in [3.05, 3.63) is 48.0 Å². The summed E-state index contributed by atoms with van der Waals surface area (Å²) in [7, 11) is 0. The quantitative estimate of drug-likeness (QED) is 0.344. The number of benzene rings is 1. The number of carbonyl (C=O) groups is 4. The Morgan fingerprint density at radius 3 is 2.34 bits per heavy atom. The second-order valence-corrected chi connectivity index (χ2v) is 12.0. The monoisotopic (exact) mass is 526 g/mol. The number of fused-ring (bicyclic) bond motifs is 5. The number of hydrogen-bond acceptors (Lipinski definition) is 9. The molecule has 3 aliphatic carbocycles. The molecule has 2 N–H and O–H groups in total. The summed E-state index contributed by atoms with van der Waals surface area (Å²) in [5.41, 5.74) is -6.15. The lowest BCUT2D eigenvalue weighted by atomic mass is 9.44. The third kappa shape index (κ3) is 3.41. The Labute approximate surface area is 221 Å². The normalized spacial score (nSPS) is 43.0. The lowest BCUT2D eigenvalue weighted by Gasteiger charge is -2.65. The number of ether oxygens (including phenoxy) is 3. The fourth-order valence-corrected chi connectivity index (χ4v) is 7.51. The number of Topliss-reactive ketones (excluding diaryl/α,β-unsaturated/α-hetero) is 2. The third-order valence-electron chi connectivity index (χ3n) is 9.65. The molecule has 1 aliphatic heterocycles. The number of carbonyl (C=O) groups excluding carboxylic acids is 4. The summed E-state index contributed by atoms with van der Waals surface area (Å²) in [4.78, 5) is 53.9. The van der Waals surface area contributed by atoms with Gasteiger partial charge >= 0.3 is 11.9 Å². The van der Waals surface area contributed by atoms with E-state index in [9.17, 15) is 29.4 Å². The fraction of sp³-hybridized carbons (Fsp3) is 0.586. The van der Waals surface area contributed by atoms with Crippen LogP contribution in [0.4, 0.5) is 0 Å². The van der Waals surface area contributed by atoms with Crippen LogP contribution in [0, 0.1) is 28.6 Å². The van der Waals surface area contributed by atoms with Crippen molar-refractivity contribution in [1.29, 1.82) is 0 Å². The molecule has 204 valence electrons. The number of ketones is 2. The molecule has 0 aromatic heterocycles. The van der Waals surface area contributed by atoms with Crippen LogP contribution in [-0.4, -0.2) is 69.8 Å². The molecular formula is C29H34O9. The first-order chi connectivity index (χ1) is 17.7. The highest BCUT2D eigenvalue weighted by Crippen LogP contribution is 2.62. The van der Waals surface area contributed by atoms with Crippen molar-refractivity contribution in [2.75, 3.05) is 6.61 Å². The highest BCUT2D eigenvalue weighted by atomic mass is 16.6. The van der Waals surface area contributed by atoms with Gasteiger partial charge in [-0.05, 0) is 25.0 Å². The van der Waals surface area contributed by atoms with E-state index in [0.717, 1.165) is 0 Å². The summed E-state index contributed by atoms with van der Waals surface area (Å²) in [6.45, 7) is 7.65. The summed E-state index contributed by atoms with van der Waals surface area (Å²) < 4.78 is 17.7. The first-order valence-electron chi connectivity index (χ1n) is 13.0. The minimum absolute atomic E-state index is 0.123. The maximum absolute atomic E-state index is 14.1. The molecule has 1 aromatic rings. The standard InChI is InChI=1S/C29H34O9/c1-15-18(31)13-29(35)24(37-25(34)17-9-7-6-8-10-17)22-27(5,23(33)21(32)20(15)26(29,3)4)12-11-19-28(22,14-36-19)38-16(2)30/h6-12,15,18-20,22,24,31,35H,13-14H2,1-5H3/t15?,18-,19?,20?,22-,24-,27+,28-,29+/m0/s1. The smallest absolute Gasteiger partial charge is 0.338 e. The fourth-order valence-electron chi connectivity index (χ4n) is 7.51. The second kappa shape index (κ2) is 8.56. The summed E-state index contributed by atoms with van der Waals surface area (Å²) >= 11 is 0. The molecular weight excluding hydrogens is 492 g/mol. The van der Waals surface area contributed by atoms with Crippen LogP contribution in [-0.2, 0) is 28.6 Å². The second-order valence-electron chi connectivity index (χ2n) is 12.0. The zero-order valence-corrected chi connectivity index (χ0v) is 22.2. The molecule has 2 saturated carbocycles. The van der Waals surface area contributed by atoms with Crippen LogP contribution in [0.25, 0.3) is 0 Å². The Morgan fingerprint density at radius 2 is 1.76 bits per heavy atom. The Hall–Kier alpha value is -2.88. The van der Waals surface area contributed by atoms with Gasteiger partial charge in [-0.3, -0.25) is 14.4 Å². The highest BCUT2D eigenvalue weighted by Gasteiger charge is 2.76. The van der Waals surface area contributed by atoms with Gasteiger partial charge in [-0.25, -0.2) is 4.79 Å². The predicted molar refractivity (Wildman–Crippen MR) is 133 cm³/mol. The SMILES string of the molecule is CC(=O)O[C@@]12COC1C=C[C@@]1(C)C(=O)C(=O)C3C(C)[C@@H](O)C[C@@](O)([C@@H](OC(=O)c4ccccc4)[C@@H]12)C3(C)C. The number of allylic oxidation sites excluding steroid dienone is 1. The average molecular weight is 527 g/mol. The van der Waals surface area contributed by atoms with Crippen LogP contribution in [0.1, 0.15) is 51.4 Å². The first kappa shape index (κ1) is 26.7. The van der Waals surface area contributed by atoms with Crippen LogP contribution in [0.3, 0.4) is 0 Å². The van der Waals surface area contributed by atoms with Gasteiger partial charge in [0.25, 0.3) is 0 Å². The zero-order chi connectivity index (χ0) is 27.8. The highest BCUT2D eigenvalue weighted by molar-refractivity contribution is 6.40. The molecule has 38 heavy (non-hydrogen) atoms. The van der Waals surface area contributed by atoms with Crippen LogP contribution in [0.5, 0.6) is 0 Å². The van der Waals surface area contributed by atoms with E-state index in [0.29, 0.717) is 0 Å². The van der Waals surface area contributed by atoms with E-state index in [-0.39, 0.29) is 18.6 Å². The van der Waals surface area contributed by atoms with E-state index in [1.165, 1.54) is 6.92 Å². The van der Waals surface area contributed by atoms with Crippen molar-refractivity contribution in [2.45, 2.75) is 70.6 Å². The van der Waals surface area contributed by atoms with Gasteiger partial charge in [-0.2, -0.15) is 0 Å².